The summed E-state index contributed by atoms with van der Waals surface area (Å²) in [5.41, 5.74) is 5.42. The SMILES string of the molecule is CCC1CNN=Cc2cc(OC)c(OC)cc21. The summed E-state index contributed by atoms with van der Waals surface area (Å²) in [6.45, 7) is 3.04. The van der Waals surface area contributed by atoms with Crippen molar-refractivity contribution in [1.29, 1.82) is 0 Å². The normalized spacial score (nSPS) is 17.9. The van der Waals surface area contributed by atoms with Crippen molar-refractivity contribution < 1.29 is 9.47 Å². The highest BCUT2D eigenvalue weighted by Gasteiger charge is 2.18. The van der Waals surface area contributed by atoms with Crippen LogP contribution in [0.5, 0.6) is 11.5 Å². The van der Waals surface area contributed by atoms with Gasteiger partial charge in [0.2, 0.25) is 0 Å². The number of nitrogens with one attached hydrogen (secondary N) is 1. The van der Waals surface area contributed by atoms with Gasteiger partial charge in [-0.1, -0.05) is 6.92 Å². The fourth-order valence-corrected chi connectivity index (χ4v) is 2.13. The van der Waals surface area contributed by atoms with E-state index in [0.29, 0.717) is 5.92 Å². The number of hydrogen-bond acceptors (Lipinski definition) is 4. The van der Waals surface area contributed by atoms with Gasteiger partial charge in [-0.05, 0) is 24.1 Å². The lowest BCUT2D eigenvalue weighted by atomic mass is 9.92. The Labute approximate surface area is 102 Å². The van der Waals surface area contributed by atoms with Crippen molar-refractivity contribution >= 4 is 6.21 Å². The topological polar surface area (TPSA) is 42.9 Å². The Morgan fingerprint density at radius 1 is 1.29 bits per heavy atom. The highest BCUT2D eigenvalue weighted by molar-refractivity contribution is 5.84. The van der Waals surface area contributed by atoms with E-state index in [4.69, 9.17) is 9.47 Å². The molecule has 0 amide bonds. The van der Waals surface area contributed by atoms with Crippen LogP contribution in [0.3, 0.4) is 0 Å². The minimum atomic E-state index is 0.451. The van der Waals surface area contributed by atoms with Crippen molar-refractivity contribution in [2.45, 2.75) is 19.3 Å². The number of hydrazone groups is 1. The fraction of sp³-hybridized carbons (Fsp3) is 0.462. The maximum absolute atomic E-state index is 5.35. The van der Waals surface area contributed by atoms with Crippen molar-refractivity contribution in [1.82, 2.24) is 5.43 Å². The molecular weight excluding hydrogens is 216 g/mol. The van der Waals surface area contributed by atoms with Gasteiger partial charge < -0.3 is 14.9 Å². The second-order valence-corrected chi connectivity index (χ2v) is 4.06. The van der Waals surface area contributed by atoms with Crippen LogP contribution < -0.4 is 14.9 Å². The van der Waals surface area contributed by atoms with Crippen LogP contribution in [0.4, 0.5) is 0 Å². The summed E-state index contributed by atoms with van der Waals surface area (Å²) in [5.74, 6) is 1.97. The molecule has 1 heterocycles. The van der Waals surface area contributed by atoms with E-state index in [-0.39, 0.29) is 0 Å². The Hall–Kier alpha value is -1.71. The molecule has 1 aromatic carbocycles. The molecular formula is C13H18N2O2. The second kappa shape index (κ2) is 5.08. The van der Waals surface area contributed by atoms with Gasteiger partial charge in [0.1, 0.15) is 0 Å². The summed E-state index contributed by atoms with van der Waals surface area (Å²) < 4.78 is 10.7. The van der Waals surface area contributed by atoms with Crippen molar-refractivity contribution in [3.05, 3.63) is 23.3 Å². The minimum absolute atomic E-state index is 0.451. The van der Waals surface area contributed by atoms with Gasteiger partial charge in [-0.2, -0.15) is 5.10 Å². The predicted octanol–water partition coefficient (Wildman–Crippen LogP) is 2.13. The molecule has 1 aliphatic rings. The average molecular weight is 234 g/mol. The minimum Gasteiger partial charge on any atom is -0.493 e. The van der Waals surface area contributed by atoms with E-state index in [0.717, 1.165) is 30.0 Å². The second-order valence-electron chi connectivity index (χ2n) is 4.06. The summed E-state index contributed by atoms with van der Waals surface area (Å²) in [6, 6.07) is 4.04. The number of ether oxygens (including phenoxy) is 2. The van der Waals surface area contributed by atoms with Crippen LogP contribution in [0.1, 0.15) is 30.4 Å². The molecule has 0 fully saturated rings. The highest BCUT2D eigenvalue weighted by Crippen LogP contribution is 2.34. The zero-order chi connectivity index (χ0) is 12.3. The molecule has 92 valence electrons. The third-order valence-electron chi connectivity index (χ3n) is 3.15. The first-order chi connectivity index (χ1) is 8.30. The van der Waals surface area contributed by atoms with Gasteiger partial charge in [0.15, 0.2) is 11.5 Å². The predicted molar refractivity (Wildman–Crippen MR) is 68.2 cm³/mol. The lowest BCUT2D eigenvalue weighted by Crippen LogP contribution is -2.14. The van der Waals surface area contributed by atoms with Crippen molar-refractivity contribution in [3.8, 4) is 11.5 Å². The summed E-state index contributed by atoms with van der Waals surface area (Å²) in [7, 11) is 3.31. The number of fused-ring (bicyclic) bond motifs is 1. The fourth-order valence-electron chi connectivity index (χ4n) is 2.13. The molecule has 1 unspecified atom stereocenters. The summed E-state index contributed by atoms with van der Waals surface area (Å²) in [4.78, 5) is 0. The molecule has 1 N–H and O–H groups in total. The molecule has 0 saturated carbocycles. The molecule has 0 aliphatic carbocycles. The molecule has 0 radical (unpaired) electrons. The van der Waals surface area contributed by atoms with Crippen molar-refractivity contribution in [2.75, 3.05) is 20.8 Å². The first-order valence-corrected chi connectivity index (χ1v) is 5.82. The van der Waals surface area contributed by atoms with Crippen LogP contribution in [0.15, 0.2) is 17.2 Å². The van der Waals surface area contributed by atoms with E-state index >= 15 is 0 Å². The molecule has 17 heavy (non-hydrogen) atoms. The van der Waals surface area contributed by atoms with Crippen LogP contribution in [0, 0.1) is 0 Å². The number of rotatable bonds is 3. The molecule has 1 atom stereocenters. The Morgan fingerprint density at radius 3 is 2.65 bits per heavy atom. The lowest BCUT2D eigenvalue weighted by Gasteiger charge is -2.17. The van der Waals surface area contributed by atoms with E-state index in [1.54, 1.807) is 14.2 Å². The zero-order valence-corrected chi connectivity index (χ0v) is 10.5. The lowest BCUT2D eigenvalue weighted by molar-refractivity contribution is 0.354. The van der Waals surface area contributed by atoms with Gasteiger partial charge in [0, 0.05) is 18.0 Å². The van der Waals surface area contributed by atoms with E-state index in [1.165, 1.54) is 5.56 Å². The average Bonchev–Trinajstić information content (AvgIpc) is 2.58. The Bertz CT molecular complexity index is 430. The monoisotopic (exact) mass is 234 g/mol. The molecule has 0 bridgehead atoms. The smallest absolute Gasteiger partial charge is 0.161 e. The summed E-state index contributed by atoms with van der Waals surface area (Å²) >= 11 is 0. The van der Waals surface area contributed by atoms with Crippen LogP contribution >= 0.6 is 0 Å². The number of nitrogens with zero attached hydrogens (tertiary/aromatic N) is 1. The van der Waals surface area contributed by atoms with E-state index in [9.17, 15) is 0 Å². The molecule has 4 heteroatoms. The highest BCUT2D eigenvalue weighted by atomic mass is 16.5. The molecule has 0 spiro atoms. The van der Waals surface area contributed by atoms with Gasteiger partial charge in [0.25, 0.3) is 0 Å². The van der Waals surface area contributed by atoms with Gasteiger partial charge in [-0.25, -0.2) is 0 Å². The Balaban J connectivity index is 2.52. The molecule has 0 saturated heterocycles. The van der Waals surface area contributed by atoms with E-state index < -0.39 is 0 Å². The van der Waals surface area contributed by atoms with Gasteiger partial charge >= 0.3 is 0 Å². The molecule has 4 nitrogen and oxygen atoms in total. The Morgan fingerprint density at radius 2 is 2.00 bits per heavy atom. The number of methoxy groups -OCH3 is 2. The maximum Gasteiger partial charge on any atom is 0.161 e. The quantitative estimate of drug-likeness (QED) is 0.871. The number of benzene rings is 1. The van der Waals surface area contributed by atoms with Gasteiger partial charge in [-0.3, -0.25) is 0 Å². The first-order valence-electron chi connectivity index (χ1n) is 5.82. The molecule has 1 aromatic rings. The third kappa shape index (κ3) is 2.20. The summed E-state index contributed by atoms with van der Waals surface area (Å²) in [5, 5.41) is 4.17. The van der Waals surface area contributed by atoms with Crippen molar-refractivity contribution in [3.63, 3.8) is 0 Å². The van der Waals surface area contributed by atoms with Gasteiger partial charge in [-0.15, -0.1) is 0 Å². The zero-order valence-electron chi connectivity index (χ0n) is 10.5. The van der Waals surface area contributed by atoms with Gasteiger partial charge in [0.05, 0.1) is 20.4 Å². The molecule has 0 aromatic heterocycles. The van der Waals surface area contributed by atoms with E-state index in [1.807, 2.05) is 12.3 Å². The van der Waals surface area contributed by atoms with Crippen LogP contribution in [0.2, 0.25) is 0 Å². The molecule has 2 rings (SSSR count). The first kappa shape index (κ1) is 11.8. The largest absolute Gasteiger partial charge is 0.493 e. The van der Waals surface area contributed by atoms with Crippen LogP contribution in [-0.2, 0) is 0 Å². The maximum atomic E-state index is 5.35. The molecule has 1 aliphatic heterocycles. The Kier molecular flexibility index (Phi) is 3.52. The standard InChI is InChI=1S/C13H18N2O2/c1-4-9-7-14-15-8-10-5-12(16-2)13(17-3)6-11(9)10/h5-6,8-9,14H,4,7H2,1-3H3. The van der Waals surface area contributed by atoms with Crippen molar-refractivity contribution in [2.24, 2.45) is 5.10 Å². The van der Waals surface area contributed by atoms with E-state index in [2.05, 4.69) is 23.5 Å². The van der Waals surface area contributed by atoms with Crippen LogP contribution in [-0.4, -0.2) is 27.0 Å². The van der Waals surface area contributed by atoms with Crippen LogP contribution in [0.25, 0.3) is 0 Å². The number of hydrogen-bond donors (Lipinski definition) is 1. The summed E-state index contributed by atoms with van der Waals surface area (Å²) in [6.07, 6.45) is 2.91. The third-order valence-corrected chi connectivity index (χ3v) is 3.15.